The van der Waals surface area contributed by atoms with Crippen LogP contribution in [0.15, 0.2) is 34.1 Å². The highest BCUT2D eigenvalue weighted by molar-refractivity contribution is 7.96. The largest absolute Gasteiger partial charge is 0.501 e. The number of allylic oxidation sites excluding steroid dienone is 5. The molecular weight excluding hydrogens is 406 g/mol. The maximum atomic E-state index is 13.3. The molecule has 0 unspecified atom stereocenters. The first-order chi connectivity index (χ1) is 14.4. The van der Waals surface area contributed by atoms with Gasteiger partial charge in [-0.1, -0.05) is 19.9 Å². The van der Waals surface area contributed by atoms with E-state index < -0.39 is 14.6 Å². The van der Waals surface area contributed by atoms with Crippen molar-refractivity contribution in [2.75, 3.05) is 7.11 Å². The molecule has 5 heteroatoms. The van der Waals surface area contributed by atoms with E-state index in [1.54, 1.807) is 27.9 Å². The summed E-state index contributed by atoms with van der Waals surface area (Å²) in [5.74, 6) is 2.72. The SMILES string of the molecule is [C-]#[N+]/C(=C1\CC[C@H]2[C@@H]3CC=C4C=C(OC)CC[C@]4(C)[C@H]3CC[C@]12C)S(=O)(=O)C(C)(C)C. The van der Waals surface area contributed by atoms with Gasteiger partial charge in [0.2, 0.25) is 0 Å². The third-order valence-electron chi connectivity index (χ3n) is 9.20. The van der Waals surface area contributed by atoms with E-state index in [0.29, 0.717) is 17.8 Å². The smallest absolute Gasteiger partial charge is 0.278 e. The van der Waals surface area contributed by atoms with Gasteiger partial charge in [-0.25, -0.2) is 13.3 Å². The van der Waals surface area contributed by atoms with E-state index in [1.807, 2.05) is 0 Å². The third-order valence-corrected chi connectivity index (χ3v) is 11.7. The van der Waals surface area contributed by atoms with Gasteiger partial charge in [0.1, 0.15) is 0 Å². The number of methoxy groups -OCH3 is 1. The Kier molecular flexibility index (Phi) is 5.29. The molecular formula is C26H37NO3S. The van der Waals surface area contributed by atoms with Crippen molar-refractivity contribution in [3.63, 3.8) is 0 Å². The van der Waals surface area contributed by atoms with Crippen LogP contribution in [-0.4, -0.2) is 20.3 Å². The van der Waals surface area contributed by atoms with Gasteiger partial charge in [0, 0.05) is 6.42 Å². The molecule has 0 amide bonds. The minimum Gasteiger partial charge on any atom is -0.501 e. The van der Waals surface area contributed by atoms with Gasteiger partial charge in [-0.2, -0.15) is 0 Å². The fourth-order valence-electron chi connectivity index (χ4n) is 7.20. The standard InChI is InChI=1S/C26H37NO3S/c1-24(2,3)31(28,29)23(27-6)22-11-10-20-19-9-8-17-16-18(30-7)12-14-25(17,4)21(19)13-15-26(20,22)5/h8,16,19-21H,9-15H2,1-5,7H3/b23-22-/t19-,20-,21-,25-,26-/m0/s1. The monoisotopic (exact) mass is 443 g/mol. The van der Waals surface area contributed by atoms with Gasteiger partial charge in [0.25, 0.3) is 5.03 Å². The molecule has 0 saturated heterocycles. The predicted octanol–water partition coefficient (Wildman–Crippen LogP) is 6.43. The van der Waals surface area contributed by atoms with Crippen LogP contribution in [0.1, 0.15) is 79.6 Å². The first-order valence-electron chi connectivity index (χ1n) is 11.7. The fraction of sp³-hybridized carbons (Fsp3) is 0.731. The van der Waals surface area contributed by atoms with Gasteiger partial charge < -0.3 is 4.74 Å². The number of hydrogen-bond acceptors (Lipinski definition) is 3. The van der Waals surface area contributed by atoms with E-state index in [4.69, 9.17) is 11.3 Å². The summed E-state index contributed by atoms with van der Waals surface area (Å²) in [6, 6.07) is 0. The van der Waals surface area contributed by atoms with Gasteiger partial charge in [-0.05, 0) is 105 Å². The number of ether oxygens (including phenoxy) is 1. The number of fused-ring (bicyclic) bond motifs is 5. The Morgan fingerprint density at radius 3 is 2.42 bits per heavy atom. The van der Waals surface area contributed by atoms with E-state index in [1.165, 1.54) is 5.57 Å². The van der Waals surface area contributed by atoms with Gasteiger partial charge in [-0.3, -0.25) is 0 Å². The molecule has 170 valence electrons. The zero-order chi connectivity index (χ0) is 22.8. The second-order valence-electron chi connectivity index (χ2n) is 11.5. The van der Waals surface area contributed by atoms with Gasteiger partial charge in [0.15, 0.2) is 9.84 Å². The summed E-state index contributed by atoms with van der Waals surface area (Å²) in [6.07, 6.45) is 11.7. The van der Waals surface area contributed by atoms with Crippen LogP contribution in [0.2, 0.25) is 0 Å². The summed E-state index contributed by atoms with van der Waals surface area (Å²) in [6.45, 7) is 17.6. The van der Waals surface area contributed by atoms with Crippen molar-refractivity contribution in [2.24, 2.45) is 28.6 Å². The quantitative estimate of drug-likeness (QED) is 0.462. The van der Waals surface area contributed by atoms with E-state index in [-0.39, 0.29) is 15.9 Å². The Balaban J connectivity index is 1.75. The molecule has 0 aliphatic heterocycles. The van der Waals surface area contributed by atoms with Crippen LogP contribution >= 0.6 is 0 Å². The van der Waals surface area contributed by atoms with E-state index in [2.05, 4.69) is 30.8 Å². The van der Waals surface area contributed by atoms with Crippen LogP contribution in [0.25, 0.3) is 4.85 Å². The van der Waals surface area contributed by atoms with E-state index >= 15 is 0 Å². The van der Waals surface area contributed by atoms with Crippen LogP contribution in [0.4, 0.5) is 0 Å². The normalized spacial score (nSPS) is 39.3. The molecule has 5 atom stereocenters. The maximum Gasteiger partial charge on any atom is 0.278 e. The van der Waals surface area contributed by atoms with E-state index in [9.17, 15) is 8.42 Å². The summed E-state index contributed by atoms with van der Waals surface area (Å²) in [5, 5.41) is 0.0482. The molecule has 4 aliphatic rings. The van der Waals surface area contributed by atoms with Crippen LogP contribution < -0.4 is 0 Å². The molecule has 2 fully saturated rings. The number of nitrogens with zero attached hydrogens (tertiary/aromatic N) is 1. The molecule has 4 rings (SSSR count). The molecule has 0 bridgehead atoms. The lowest BCUT2D eigenvalue weighted by molar-refractivity contribution is -0.00837. The maximum absolute atomic E-state index is 13.3. The predicted molar refractivity (Wildman–Crippen MR) is 124 cm³/mol. The molecule has 0 N–H and O–H groups in total. The zero-order valence-electron chi connectivity index (χ0n) is 19.9. The molecule has 31 heavy (non-hydrogen) atoms. The molecule has 0 aromatic rings. The Morgan fingerprint density at radius 1 is 1.13 bits per heavy atom. The Hall–Kier alpha value is -1.54. The third kappa shape index (κ3) is 3.16. The Labute approximate surface area is 188 Å². The van der Waals surface area contributed by atoms with Crippen molar-refractivity contribution in [1.29, 1.82) is 0 Å². The van der Waals surface area contributed by atoms with Crippen molar-refractivity contribution in [3.05, 3.63) is 45.5 Å². The van der Waals surface area contributed by atoms with Crippen molar-refractivity contribution in [3.8, 4) is 0 Å². The molecule has 0 spiro atoms. The second-order valence-corrected chi connectivity index (χ2v) is 14.1. The van der Waals surface area contributed by atoms with Crippen molar-refractivity contribution in [2.45, 2.75) is 84.3 Å². The Morgan fingerprint density at radius 2 is 1.81 bits per heavy atom. The van der Waals surface area contributed by atoms with Gasteiger partial charge in [-0.15, -0.1) is 0 Å². The second kappa shape index (κ2) is 7.24. The minimum atomic E-state index is -3.64. The molecule has 0 radical (unpaired) electrons. The fourth-order valence-corrected chi connectivity index (χ4v) is 8.56. The first kappa shape index (κ1) is 22.6. The number of sulfone groups is 1. The minimum absolute atomic E-state index is 0.0482. The molecule has 0 heterocycles. The van der Waals surface area contributed by atoms with Crippen LogP contribution in [0.5, 0.6) is 0 Å². The highest BCUT2D eigenvalue weighted by Gasteiger charge is 2.58. The highest BCUT2D eigenvalue weighted by atomic mass is 32.2. The van der Waals surface area contributed by atoms with E-state index in [0.717, 1.165) is 56.3 Å². The molecule has 2 saturated carbocycles. The van der Waals surface area contributed by atoms with Crippen LogP contribution in [-0.2, 0) is 14.6 Å². The lowest BCUT2D eigenvalue weighted by atomic mass is 9.48. The van der Waals surface area contributed by atoms with Crippen molar-refractivity contribution >= 4 is 9.84 Å². The number of hydrogen-bond donors (Lipinski definition) is 0. The van der Waals surface area contributed by atoms with Crippen molar-refractivity contribution < 1.29 is 13.2 Å². The summed E-state index contributed by atoms with van der Waals surface area (Å²) in [4.78, 5) is 3.65. The first-order valence-corrected chi connectivity index (χ1v) is 13.2. The lowest BCUT2D eigenvalue weighted by Gasteiger charge is -2.56. The summed E-state index contributed by atoms with van der Waals surface area (Å²) in [5.41, 5.74) is 2.36. The average molecular weight is 444 g/mol. The summed E-state index contributed by atoms with van der Waals surface area (Å²) >= 11 is 0. The summed E-state index contributed by atoms with van der Waals surface area (Å²) < 4.78 is 31.1. The zero-order valence-corrected chi connectivity index (χ0v) is 20.7. The highest BCUT2D eigenvalue weighted by Crippen LogP contribution is 2.66. The summed E-state index contributed by atoms with van der Waals surface area (Å²) in [7, 11) is -1.87. The molecule has 4 aliphatic carbocycles. The number of rotatable bonds is 2. The van der Waals surface area contributed by atoms with Gasteiger partial charge in [0.05, 0.1) is 24.2 Å². The van der Waals surface area contributed by atoms with Crippen molar-refractivity contribution in [1.82, 2.24) is 0 Å². The van der Waals surface area contributed by atoms with Crippen LogP contribution in [0, 0.1) is 35.2 Å². The molecule has 4 nitrogen and oxygen atoms in total. The topological polar surface area (TPSA) is 47.7 Å². The van der Waals surface area contributed by atoms with Gasteiger partial charge >= 0.3 is 0 Å². The molecule has 0 aromatic carbocycles. The lowest BCUT2D eigenvalue weighted by Crippen LogP contribution is -2.48. The molecule has 0 aromatic heterocycles. The van der Waals surface area contributed by atoms with Crippen LogP contribution in [0.3, 0.4) is 0 Å². The Bertz CT molecular complexity index is 1020. The average Bonchev–Trinajstić information content (AvgIpc) is 3.04.